The Hall–Kier alpha value is -4.50. The number of nitrogen functional groups attached to an aromatic ring is 2. The number of nitrogens with zero attached hydrogens (tertiary/aromatic N) is 5. The van der Waals surface area contributed by atoms with Gasteiger partial charge in [-0.25, -0.2) is 9.59 Å². The molecule has 0 aliphatic carbocycles. The van der Waals surface area contributed by atoms with Gasteiger partial charge in [0.2, 0.25) is 5.91 Å². The molecular formula is C45H75FN8O11Si2. The van der Waals surface area contributed by atoms with E-state index in [1.54, 1.807) is 12.3 Å². The van der Waals surface area contributed by atoms with Gasteiger partial charge in [0, 0.05) is 30.4 Å². The molecule has 2 aromatic heterocycles. The molecular weight excluding hydrogens is 904 g/mol. The fraction of sp³-hybridized carbons (Fsp3) is 0.600. The minimum Gasteiger partial charge on any atom is -0.414 e. The van der Waals surface area contributed by atoms with Crippen LogP contribution in [0.25, 0.3) is 0 Å². The lowest BCUT2D eigenvalue weighted by atomic mass is 9.99. The van der Waals surface area contributed by atoms with Crippen LogP contribution < -0.4 is 29.0 Å². The first-order valence-electron chi connectivity index (χ1n) is 21.7. The van der Waals surface area contributed by atoms with Crippen molar-refractivity contribution >= 4 is 40.0 Å². The van der Waals surface area contributed by atoms with Crippen molar-refractivity contribution in [2.45, 2.75) is 141 Å². The number of nitrogens with two attached hydrogens (primary N) is 2. The van der Waals surface area contributed by atoms with E-state index in [1.807, 2.05) is 13.8 Å². The number of ketones is 1. The summed E-state index contributed by atoms with van der Waals surface area (Å²) in [4.78, 5) is 55.9. The number of ether oxygens (including phenoxy) is 3. The van der Waals surface area contributed by atoms with Gasteiger partial charge < -0.3 is 50.9 Å². The second-order valence-corrected chi connectivity index (χ2v) is 29.6. The third kappa shape index (κ3) is 13.6. The number of hydrogen-bond donors (Lipinski definition) is 5. The van der Waals surface area contributed by atoms with E-state index in [9.17, 15) is 24.3 Å². The Kier molecular flexibility index (Phi) is 19.9. The number of aromatic nitrogens is 4. The van der Waals surface area contributed by atoms with Gasteiger partial charge in [-0.2, -0.15) is 9.97 Å². The van der Waals surface area contributed by atoms with Crippen molar-refractivity contribution in [3.8, 4) is 0 Å². The topological polar surface area (TPSA) is 281 Å². The Bertz CT molecular complexity index is 2260. The highest BCUT2D eigenvalue weighted by Gasteiger charge is 2.45. The quantitative estimate of drug-likeness (QED) is 0.117. The van der Waals surface area contributed by atoms with E-state index in [4.69, 9.17) is 39.6 Å². The van der Waals surface area contributed by atoms with Crippen molar-refractivity contribution < 1.29 is 47.6 Å². The highest BCUT2D eigenvalue weighted by molar-refractivity contribution is 6.74. The first kappa shape index (κ1) is 58.6. The number of allylic oxidation sites excluding steroid dienone is 1. The van der Waals surface area contributed by atoms with E-state index >= 15 is 0 Å². The van der Waals surface area contributed by atoms with Gasteiger partial charge in [-0.05, 0) is 71.2 Å². The van der Waals surface area contributed by atoms with Gasteiger partial charge in [-0.3, -0.25) is 28.3 Å². The maximum Gasteiger partial charge on any atom is 0.351 e. The highest BCUT2D eigenvalue weighted by Crippen LogP contribution is 2.41. The Labute approximate surface area is 395 Å². The molecule has 0 saturated carbocycles. The molecule has 67 heavy (non-hydrogen) atoms. The molecule has 4 aliphatic rings. The number of anilines is 2. The van der Waals surface area contributed by atoms with Gasteiger partial charge in [0.05, 0.1) is 26.2 Å². The van der Waals surface area contributed by atoms with Crippen molar-refractivity contribution in [1.82, 2.24) is 30.2 Å². The summed E-state index contributed by atoms with van der Waals surface area (Å²) in [6, 6.07) is 3.02. The molecule has 3 saturated heterocycles. The summed E-state index contributed by atoms with van der Waals surface area (Å²) in [5.74, 6) is -0.0904. The fourth-order valence-electron chi connectivity index (χ4n) is 6.70. The van der Waals surface area contributed by atoms with Crippen LogP contribution in [-0.2, 0) is 32.7 Å². The molecule has 2 aromatic rings. The van der Waals surface area contributed by atoms with E-state index in [0.717, 1.165) is 15.7 Å². The maximum absolute atomic E-state index is 12.1. The van der Waals surface area contributed by atoms with Crippen LogP contribution in [0.2, 0.25) is 36.3 Å². The Balaban J connectivity index is 0.000000345. The predicted molar refractivity (Wildman–Crippen MR) is 261 cm³/mol. The van der Waals surface area contributed by atoms with Gasteiger partial charge in [-0.15, -0.1) is 0 Å². The molecule has 19 nitrogen and oxygen atoms in total. The summed E-state index contributed by atoms with van der Waals surface area (Å²) in [7, 11) is -3.73. The molecule has 3 fully saturated rings. The van der Waals surface area contributed by atoms with E-state index in [-0.39, 0.29) is 81.3 Å². The lowest BCUT2D eigenvalue weighted by Crippen LogP contribution is -2.44. The Morgan fingerprint density at radius 1 is 0.731 bits per heavy atom. The van der Waals surface area contributed by atoms with E-state index in [2.05, 4.69) is 97.4 Å². The molecule has 0 aromatic carbocycles. The largest absolute Gasteiger partial charge is 0.414 e. The van der Waals surface area contributed by atoms with Gasteiger partial charge in [0.25, 0.3) is 0 Å². The number of carbonyl (C=O) groups is 2. The second-order valence-electron chi connectivity index (χ2n) is 20.0. The highest BCUT2D eigenvalue weighted by atomic mass is 28.4. The van der Waals surface area contributed by atoms with Gasteiger partial charge in [-0.1, -0.05) is 75.1 Å². The van der Waals surface area contributed by atoms with Crippen molar-refractivity contribution in [1.29, 1.82) is 0 Å². The standard InChI is InChI=1S/C18H29NO4Si.C17H29N3O3Si.C10H13N3O4.FH.H3N/c1-12-13(2)17(19-9-8-14(20)10-16(19)21)23-15(12)11-22-24(6,7)18(3,4)5;1-11-12(2)15(20-9-8-14(18)19-16(20)21)23-13(11)10-22-24(6,7)17(3,4)5;1-5-6(4-14)17-9(8(5)15)13-3-2-7(11)12-10(13)16;;/h8-9,13,15,17H,1,10-11H2,2-7H3;8-9,12-13,15H,1,10H2,2-7H3,(H2,18,19,21);2-3,6,8-9,14-15H,1,4H2,(H2,11,12,16);1H;1H3/t13-,15-,17-;12-,13-,15-;6-,8-,9-;;/m000../s1. The zero-order valence-electron chi connectivity index (χ0n) is 41.2. The third-order valence-electron chi connectivity index (χ3n) is 13.4. The minimum atomic E-state index is -1.87. The lowest BCUT2D eigenvalue weighted by molar-refractivity contribution is -0.145. The third-order valence-corrected chi connectivity index (χ3v) is 22.4. The average Bonchev–Trinajstić information content (AvgIpc) is 3.76. The first-order valence-corrected chi connectivity index (χ1v) is 27.5. The molecule has 9 atom stereocenters. The normalized spacial score (nSPS) is 26.6. The smallest absolute Gasteiger partial charge is 0.351 e. The van der Waals surface area contributed by atoms with Gasteiger partial charge in [0.1, 0.15) is 48.5 Å². The first-order chi connectivity index (χ1) is 29.9. The molecule has 0 unspecified atom stereocenters. The average molecular weight is 979 g/mol. The second kappa shape index (κ2) is 22.7. The van der Waals surface area contributed by atoms with Crippen LogP contribution in [0.4, 0.5) is 16.3 Å². The fourth-order valence-corrected chi connectivity index (χ4v) is 8.70. The van der Waals surface area contributed by atoms with Crippen LogP contribution >= 0.6 is 0 Å². The molecule has 9 N–H and O–H groups in total. The summed E-state index contributed by atoms with van der Waals surface area (Å²) in [6.45, 7) is 38.6. The van der Waals surface area contributed by atoms with Crippen LogP contribution in [0.1, 0.15) is 74.3 Å². The molecule has 6 rings (SSSR count). The number of aliphatic hydroxyl groups is 2. The van der Waals surface area contributed by atoms with Gasteiger partial charge in [0.15, 0.2) is 28.6 Å². The summed E-state index contributed by atoms with van der Waals surface area (Å²) in [6.07, 6.45) is 1.91. The van der Waals surface area contributed by atoms with E-state index < -0.39 is 58.9 Å². The summed E-state index contributed by atoms with van der Waals surface area (Å²) in [5, 5.41) is 19.1. The molecule has 1 amide bonds. The van der Waals surface area contributed by atoms with E-state index in [0.29, 0.717) is 18.8 Å². The van der Waals surface area contributed by atoms with Crippen LogP contribution in [0.15, 0.2) is 82.8 Å². The van der Waals surface area contributed by atoms with Crippen LogP contribution in [-0.4, -0.2) is 113 Å². The summed E-state index contributed by atoms with van der Waals surface area (Å²) in [5.41, 5.74) is 12.1. The number of amides is 1. The van der Waals surface area contributed by atoms with Crippen molar-refractivity contribution in [2.24, 2.45) is 11.8 Å². The number of halogens is 1. The van der Waals surface area contributed by atoms with E-state index in [1.165, 1.54) is 34.0 Å². The Morgan fingerprint density at radius 3 is 1.52 bits per heavy atom. The van der Waals surface area contributed by atoms with Crippen LogP contribution in [0.3, 0.4) is 0 Å². The van der Waals surface area contributed by atoms with Crippen molar-refractivity contribution in [2.75, 3.05) is 31.3 Å². The SMILES string of the molecule is C=C1[C@H](CO)O[C@H](n2ccc(N)nc2=O)[C@H]1O.C=C1[C@H](CO[Si](C)(C)C(C)(C)C)O[C@H](N2C=CC(=O)CC2=O)[C@H]1C.C=C1[C@H](CO[Si](C)(C)C(C)(C)C)O[C@H](n2ccc(N)nc2=O)[C@H]1C.F.N. The number of rotatable bonds is 10. The predicted octanol–water partition coefficient (Wildman–Crippen LogP) is 5.12. The molecule has 376 valence electrons. The molecule has 22 heteroatoms. The number of carbonyl (C=O) groups excluding carboxylic acids is 2. The number of aliphatic hydroxyl groups excluding tert-OH is 2. The Morgan fingerprint density at radius 2 is 1.13 bits per heavy atom. The molecule has 0 spiro atoms. The lowest BCUT2D eigenvalue weighted by Gasteiger charge is -2.37. The monoisotopic (exact) mass is 979 g/mol. The van der Waals surface area contributed by atoms with Gasteiger partial charge >= 0.3 is 11.4 Å². The summed E-state index contributed by atoms with van der Waals surface area (Å²) >= 11 is 0. The molecule has 0 bridgehead atoms. The molecule has 0 radical (unpaired) electrons. The molecule has 6 heterocycles. The zero-order chi connectivity index (χ0) is 49.1. The summed E-state index contributed by atoms with van der Waals surface area (Å²) < 4.78 is 32.6. The van der Waals surface area contributed by atoms with Crippen molar-refractivity contribution in [3.63, 3.8) is 0 Å². The van der Waals surface area contributed by atoms with Crippen LogP contribution in [0.5, 0.6) is 0 Å². The zero-order valence-corrected chi connectivity index (χ0v) is 43.2. The number of hydrogen-bond acceptors (Lipinski definition) is 16. The minimum absolute atomic E-state index is 0. The molecule has 4 aliphatic heterocycles. The van der Waals surface area contributed by atoms with Crippen molar-refractivity contribution in [3.05, 3.63) is 94.2 Å². The maximum atomic E-state index is 12.1. The van der Waals surface area contributed by atoms with Crippen LogP contribution in [0, 0.1) is 11.8 Å².